The summed E-state index contributed by atoms with van der Waals surface area (Å²) in [6.07, 6.45) is 7.60. The Balaban J connectivity index is 1.21. The van der Waals surface area contributed by atoms with Crippen LogP contribution in [0.1, 0.15) is 35.4 Å². The highest BCUT2D eigenvalue weighted by Gasteiger charge is 2.23. The van der Waals surface area contributed by atoms with Crippen LogP contribution in [0, 0.1) is 11.6 Å². The molecule has 0 atom stereocenters. The van der Waals surface area contributed by atoms with Gasteiger partial charge in [-0.3, -0.25) is 4.99 Å². The smallest absolute Gasteiger partial charge is 0.131 e. The van der Waals surface area contributed by atoms with Crippen molar-refractivity contribution in [1.29, 1.82) is 0 Å². The third-order valence-corrected chi connectivity index (χ3v) is 6.35. The molecular formula is C29H26F2N2O. The van der Waals surface area contributed by atoms with Crippen LogP contribution in [0.15, 0.2) is 101 Å². The minimum atomic E-state index is -0.259. The van der Waals surface area contributed by atoms with E-state index in [2.05, 4.69) is 22.0 Å². The summed E-state index contributed by atoms with van der Waals surface area (Å²) in [5.74, 6) is 0.442. The van der Waals surface area contributed by atoms with Gasteiger partial charge in [-0.15, -0.1) is 0 Å². The molecule has 3 aromatic carbocycles. The second-order valence-electron chi connectivity index (χ2n) is 8.60. The van der Waals surface area contributed by atoms with Crippen molar-refractivity contribution in [3.05, 3.63) is 125 Å². The molecule has 2 heterocycles. The standard InChI is InChI=1S/C29H26F2N2O/c30-25-11-7-21(8-12-25)27(22-9-13-26(31)14-10-22)5-3-16-32-18-23-15-17-33-19-24-4-1-2-6-29(24)34-20-28(23)33/h1-2,4,6-15,18,20,27H,3,5,16-17,19H2. The Morgan fingerprint density at radius 1 is 0.912 bits per heavy atom. The summed E-state index contributed by atoms with van der Waals surface area (Å²) in [6, 6.07) is 21.2. The Kier molecular flexibility index (Phi) is 6.52. The highest BCUT2D eigenvalue weighted by molar-refractivity contribution is 5.85. The van der Waals surface area contributed by atoms with Crippen LogP contribution in [0.25, 0.3) is 0 Å². The molecule has 0 aliphatic carbocycles. The summed E-state index contributed by atoms with van der Waals surface area (Å²) in [4.78, 5) is 6.96. The van der Waals surface area contributed by atoms with Crippen molar-refractivity contribution >= 4 is 6.21 Å². The minimum Gasteiger partial charge on any atom is -0.462 e. The summed E-state index contributed by atoms with van der Waals surface area (Å²) in [5, 5.41) is 0. The van der Waals surface area contributed by atoms with E-state index in [0.29, 0.717) is 6.54 Å². The first-order chi connectivity index (χ1) is 16.7. The van der Waals surface area contributed by atoms with E-state index < -0.39 is 0 Å². The number of hydrogen-bond acceptors (Lipinski definition) is 3. The summed E-state index contributed by atoms with van der Waals surface area (Å²) in [7, 11) is 0. The zero-order valence-corrected chi connectivity index (χ0v) is 18.8. The number of halogens is 2. The van der Waals surface area contributed by atoms with Crippen molar-refractivity contribution in [2.75, 3.05) is 13.1 Å². The van der Waals surface area contributed by atoms with Gasteiger partial charge in [0.05, 0.1) is 5.70 Å². The zero-order valence-electron chi connectivity index (χ0n) is 18.8. The number of aliphatic imine (C=N–C) groups is 1. The fraction of sp³-hybridized carbons (Fsp3) is 0.207. The molecule has 3 nitrogen and oxygen atoms in total. The zero-order chi connectivity index (χ0) is 23.3. The number of rotatable bonds is 7. The van der Waals surface area contributed by atoms with Crippen LogP contribution < -0.4 is 4.74 Å². The fourth-order valence-corrected chi connectivity index (χ4v) is 4.55. The average Bonchev–Trinajstić information content (AvgIpc) is 3.13. The van der Waals surface area contributed by atoms with Crippen molar-refractivity contribution in [1.82, 2.24) is 4.90 Å². The average molecular weight is 457 g/mol. The van der Waals surface area contributed by atoms with E-state index in [1.807, 2.05) is 30.7 Å². The molecule has 0 fully saturated rings. The van der Waals surface area contributed by atoms with Gasteiger partial charge >= 0.3 is 0 Å². The molecule has 0 spiro atoms. The van der Waals surface area contributed by atoms with Crippen molar-refractivity contribution in [3.63, 3.8) is 0 Å². The van der Waals surface area contributed by atoms with E-state index in [0.717, 1.165) is 54.1 Å². The lowest BCUT2D eigenvalue weighted by atomic mass is 9.87. The van der Waals surface area contributed by atoms with Gasteiger partial charge in [0.25, 0.3) is 0 Å². The van der Waals surface area contributed by atoms with E-state index in [-0.39, 0.29) is 17.6 Å². The third kappa shape index (κ3) is 4.93. The first kappa shape index (κ1) is 22.1. The van der Waals surface area contributed by atoms with Gasteiger partial charge in [0.2, 0.25) is 0 Å². The van der Waals surface area contributed by atoms with E-state index in [9.17, 15) is 8.78 Å². The largest absolute Gasteiger partial charge is 0.462 e. The van der Waals surface area contributed by atoms with Crippen LogP contribution in [0.4, 0.5) is 8.78 Å². The van der Waals surface area contributed by atoms with Gasteiger partial charge in [-0.1, -0.05) is 48.5 Å². The molecule has 0 bridgehead atoms. The number of nitrogens with zero attached hydrogens (tertiary/aromatic N) is 2. The van der Waals surface area contributed by atoms with Crippen molar-refractivity contribution < 1.29 is 13.5 Å². The first-order valence-electron chi connectivity index (χ1n) is 11.6. The lowest BCUT2D eigenvalue weighted by molar-refractivity contribution is 0.398. The molecule has 5 rings (SSSR count). The number of ether oxygens (including phenoxy) is 1. The van der Waals surface area contributed by atoms with Gasteiger partial charge in [-0.2, -0.15) is 0 Å². The Morgan fingerprint density at radius 2 is 1.59 bits per heavy atom. The van der Waals surface area contributed by atoms with E-state index in [1.54, 1.807) is 24.3 Å². The second kappa shape index (κ2) is 10.0. The molecule has 172 valence electrons. The molecule has 0 saturated heterocycles. The summed E-state index contributed by atoms with van der Waals surface area (Å²) < 4.78 is 32.8. The van der Waals surface area contributed by atoms with Crippen molar-refractivity contribution in [2.45, 2.75) is 25.3 Å². The maximum absolute atomic E-state index is 13.4. The Bertz CT molecular complexity index is 1180. The predicted molar refractivity (Wildman–Crippen MR) is 131 cm³/mol. The third-order valence-electron chi connectivity index (χ3n) is 6.35. The van der Waals surface area contributed by atoms with E-state index in [4.69, 9.17) is 4.74 Å². The quantitative estimate of drug-likeness (QED) is 0.295. The maximum atomic E-state index is 13.4. The SMILES string of the molecule is Fc1ccc(C(CCCN=CC2=CCN3Cc4ccccc4OC=C23)c2ccc(F)cc2)cc1. The molecule has 5 heteroatoms. The summed E-state index contributed by atoms with van der Waals surface area (Å²) in [5.41, 5.74) is 5.34. The van der Waals surface area contributed by atoms with Gasteiger partial charge in [0, 0.05) is 42.9 Å². The van der Waals surface area contributed by atoms with Crippen LogP contribution >= 0.6 is 0 Å². The topological polar surface area (TPSA) is 24.8 Å². The lowest BCUT2D eigenvalue weighted by Gasteiger charge is -2.18. The monoisotopic (exact) mass is 456 g/mol. The fourth-order valence-electron chi connectivity index (χ4n) is 4.55. The molecule has 3 aromatic rings. The normalized spacial score (nSPS) is 15.0. The number of fused-ring (bicyclic) bond motifs is 2. The molecule has 0 amide bonds. The van der Waals surface area contributed by atoms with Gasteiger partial charge in [-0.25, -0.2) is 8.78 Å². The first-order valence-corrected chi connectivity index (χ1v) is 11.6. The van der Waals surface area contributed by atoms with E-state index in [1.165, 1.54) is 29.8 Å². The minimum absolute atomic E-state index is 0.0639. The van der Waals surface area contributed by atoms with Gasteiger partial charge in [0.1, 0.15) is 23.6 Å². The molecule has 34 heavy (non-hydrogen) atoms. The highest BCUT2D eigenvalue weighted by atomic mass is 19.1. The molecular weight excluding hydrogens is 430 g/mol. The molecule has 0 saturated carbocycles. The summed E-state index contributed by atoms with van der Waals surface area (Å²) in [6.45, 7) is 2.32. The Labute approximate surface area is 198 Å². The lowest BCUT2D eigenvalue weighted by Crippen LogP contribution is -2.17. The van der Waals surface area contributed by atoms with Crippen LogP contribution in [0.2, 0.25) is 0 Å². The molecule has 2 aliphatic heterocycles. The van der Waals surface area contributed by atoms with Crippen LogP contribution in [0.3, 0.4) is 0 Å². The number of hydrogen-bond donors (Lipinski definition) is 0. The number of allylic oxidation sites excluding steroid dienone is 1. The molecule has 0 unspecified atom stereocenters. The Morgan fingerprint density at radius 3 is 2.29 bits per heavy atom. The Hall–Kier alpha value is -3.73. The van der Waals surface area contributed by atoms with Crippen LogP contribution in [-0.2, 0) is 6.54 Å². The highest BCUT2D eigenvalue weighted by Crippen LogP contribution is 2.32. The van der Waals surface area contributed by atoms with Crippen molar-refractivity contribution in [2.24, 2.45) is 4.99 Å². The maximum Gasteiger partial charge on any atom is 0.131 e. The molecule has 0 N–H and O–H groups in total. The van der Waals surface area contributed by atoms with Gasteiger partial charge in [-0.05, 0) is 54.3 Å². The molecule has 2 aliphatic rings. The van der Waals surface area contributed by atoms with Gasteiger partial charge < -0.3 is 9.64 Å². The number of para-hydroxylation sites is 1. The van der Waals surface area contributed by atoms with Crippen molar-refractivity contribution in [3.8, 4) is 5.75 Å². The van der Waals surface area contributed by atoms with Crippen LogP contribution in [0.5, 0.6) is 5.75 Å². The number of benzene rings is 3. The summed E-state index contributed by atoms with van der Waals surface area (Å²) >= 11 is 0. The molecule has 0 aromatic heterocycles. The van der Waals surface area contributed by atoms with Crippen LogP contribution in [-0.4, -0.2) is 24.2 Å². The van der Waals surface area contributed by atoms with E-state index >= 15 is 0 Å². The van der Waals surface area contributed by atoms with Gasteiger partial charge in [0.15, 0.2) is 0 Å². The predicted octanol–water partition coefficient (Wildman–Crippen LogP) is 6.62. The second-order valence-corrected chi connectivity index (χ2v) is 8.60. The molecule has 0 radical (unpaired) electrons.